The number of fused-ring (bicyclic) bond motifs is 3. The van der Waals surface area contributed by atoms with Crippen molar-refractivity contribution in [1.82, 2.24) is 14.8 Å². The van der Waals surface area contributed by atoms with Gasteiger partial charge in [-0.3, -0.25) is 9.80 Å². The van der Waals surface area contributed by atoms with Crippen LogP contribution in [0.1, 0.15) is 37.0 Å². The summed E-state index contributed by atoms with van der Waals surface area (Å²) >= 11 is 0. The van der Waals surface area contributed by atoms with Gasteiger partial charge in [-0.2, -0.15) is 5.10 Å². The molecule has 1 N–H and O–H groups in total. The molecule has 1 unspecified atom stereocenters. The number of aliphatic imine (C=N–C) groups is 1. The fourth-order valence-corrected chi connectivity index (χ4v) is 5.72. The Labute approximate surface area is 279 Å². The maximum atomic E-state index is 12.9. The molecule has 2 aromatic rings. The van der Waals surface area contributed by atoms with E-state index in [0.717, 1.165) is 70.7 Å². The molecule has 5 rings (SSSR count). The lowest BCUT2D eigenvalue weighted by Crippen LogP contribution is -2.58. The zero-order valence-electron chi connectivity index (χ0n) is 28.4. The van der Waals surface area contributed by atoms with Crippen molar-refractivity contribution in [2.24, 2.45) is 10.1 Å². The van der Waals surface area contributed by atoms with E-state index >= 15 is 0 Å². The smallest absolute Gasteiger partial charge is 0.246 e. The topological polar surface area (TPSA) is 85.2 Å². The second kappa shape index (κ2) is 15.6. The van der Waals surface area contributed by atoms with Gasteiger partial charge in [0.1, 0.15) is 29.7 Å². The summed E-state index contributed by atoms with van der Waals surface area (Å²) in [5.41, 5.74) is 5.00. The number of piperazine rings is 1. The van der Waals surface area contributed by atoms with Gasteiger partial charge < -0.3 is 29.5 Å². The van der Waals surface area contributed by atoms with E-state index < -0.39 is 0 Å². The Bertz CT molecular complexity index is 1620. The van der Waals surface area contributed by atoms with Crippen molar-refractivity contribution in [3.8, 4) is 11.5 Å². The van der Waals surface area contributed by atoms with Crippen LogP contribution < -0.4 is 19.7 Å². The first-order valence-corrected chi connectivity index (χ1v) is 16.3. The van der Waals surface area contributed by atoms with Crippen LogP contribution in [0.25, 0.3) is 0 Å². The summed E-state index contributed by atoms with van der Waals surface area (Å²) in [5.74, 6) is 3.25. The van der Waals surface area contributed by atoms with Gasteiger partial charge in [0.15, 0.2) is 0 Å². The highest BCUT2D eigenvalue weighted by molar-refractivity contribution is 6.10. The molecule has 3 aliphatic rings. The Balaban J connectivity index is 1.34. The van der Waals surface area contributed by atoms with Crippen molar-refractivity contribution < 1.29 is 14.3 Å². The van der Waals surface area contributed by atoms with E-state index in [2.05, 4.69) is 47.4 Å². The fourth-order valence-electron chi connectivity index (χ4n) is 5.72. The third-order valence-electron chi connectivity index (χ3n) is 8.19. The standard InChI is InChI=1S/C37H47N7O3/c1-7-9-16-38-37(40-29-12-13-34(28(4)22-29)47-31-14-18-43(19-15-31)39-8-2)32-24-33-35(23-27(32)3)46-26-30-25-42(20-21-44(30)33)36(45)11-10-17-41(5)6/h8-16,18,22-24,30H,7,17,19-21,25-26H2,1-6H3,(H,38,40)/b11-10+,16-9+,39-8-. The largest absolute Gasteiger partial charge is 0.489 e. The molecule has 0 bridgehead atoms. The summed E-state index contributed by atoms with van der Waals surface area (Å²) in [5, 5.41) is 9.71. The summed E-state index contributed by atoms with van der Waals surface area (Å²) < 4.78 is 12.5. The molecule has 1 saturated heterocycles. The average Bonchev–Trinajstić information content (AvgIpc) is 3.05. The van der Waals surface area contributed by atoms with E-state index in [1.54, 1.807) is 12.3 Å². The van der Waals surface area contributed by atoms with Crippen molar-refractivity contribution in [2.75, 3.05) is 63.6 Å². The summed E-state index contributed by atoms with van der Waals surface area (Å²) in [4.78, 5) is 24.1. The van der Waals surface area contributed by atoms with Crippen LogP contribution in [-0.4, -0.2) is 92.2 Å². The first kappa shape index (κ1) is 33.5. The molecule has 1 amide bonds. The minimum absolute atomic E-state index is 0.0511. The Morgan fingerprint density at radius 2 is 2.00 bits per heavy atom. The highest BCUT2D eigenvalue weighted by Gasteiger charge is 2.35. The number of allylic oxidation sites excluding steroid dienone is 2. The van der Waals surface area contributed by atoms with Crippen LogP contribution >= 0.6 is 0 Å². The van der Waals surface area contributed by atoms with Crippen molar-refractivity contribution >= 4 is 29.3 Å². The number of anilines is 2. The second-order valence-electron chi connectivity index (χ2n) is 12.1. The number of hydrogen-bond donors (Lipinski definition) is 1. The minimum Gasteiger partial charge on any atom is -0.489 e. The Hall–Kier alpha value is -4.83. The summed E-state index contributed by atoms with van der Waals surface area (Å²) in [6.07, 6.45) is 16.0. The quantitative estimate of drug-likeness (QED) is 0.203. The number of nitrogens with one attached hydrogen (secondary N) is 1. The maximum Gasteiger partial charge on any atom is 0.246 e. The molecular weight excluding hydrogens is 590 g/mol. The van der Waals surface area contributed by atoms with Gasteiger partial charge in [0.05, 0.1) is 18.3 Å². The predicted octanol–water partition coefficient (Wildman–Crippen LogP) is 5.71. The molecular formula is C37H47N7O3. The number of benzene rings is 2. The average molecular weight is 638 g/mol. The van der Waals surface area contributed by atoms with E-state index in [1.807, 2.05) is 91.6 Å². The third-order valence-corrected chi connectivity index (χ3v) is 8.19. The lowest BCUT2D eigenvalue weighted by atomic mass is 10.0. The number of ether oxygens (including phenoxy) is 2. The molecule has 0 aromatic heterocycles. The number of carbonyl (C=O) groups excluding carboxylic acids is 1. The van der Waals surface area contributed by atoms with Crippen LogP contribution in [0.3, 0.4) is 0 Å². The maximum absolute atomic E-state index is 12.9. The van der Waals surface area contributed by atoms with Crippen LogP contribution in [0.15, 0.2) is 89.0 Å². The number of aryl methyl sites for hydroxylation is 2. The van der Waals surface area contributed by atoms with Gasteiger partial charge in [0, 0.05) is 62.1 Å². The number of hydrogen-bond acceptors (Lipinski definition) is 8. The number of nitrogens with zero attached hydrogens (tertiary/aromatic N) is 6. The Morgan fingerprint density at radius 3 is 2.72 bits per heavy atom. The molecule has 0 aliphatic carbocycles. The van der Waals surface area contributed by atoms with E-state index in [0.29, 0.717) is 26.2 Å². The molecule has 10 heteroatoms. The number of amides is 1. The molecule has 3 heterocycles. The van der Waals surface area contributed by atoms with Gasteiger partial charge in [-0.1, -0.05) is 19.1 Å². The molecule has 1 fully saturated rings. The van der Waals surface area contributed by atoms with Crippen LogP contribution in [0.4, 0.5) is 11.4 Å². The third kappa shape index (κ3) is 8.51. The van der Waals surface area contributed by atoms with Crippen LogP contribution in [0.2, 0.25) is 0 Å². The van der Waals surface area contributed by atoms with Crippen molar-refractivity contribution in [3.63, 3.8) is 0 Å². The molecule has 0 saturated carbocycles. The van der Waals surface area contributed by atoms with E-state index in [-0.39, 0.29) is 11.9 Å². The van der Waals surface area contributed by atoms with Crippen LogP contribution in [-0.2, 0) is 4.79 Å². The normalized spacial score (nSPS) is 18.2. The number of rotatable bonds is 10. The lowest BCUT2D eigenvalue weighted by molar-refractivity contribution is -0.127. The first-order chi connectivity index (χ1) is 22.7. The van der Waals surface area contributed by atoms with Gasteiger partial charge in [0.2, 0.25) is 5.91 Å². The van der Waals surface area contributed by atoms with Gasteiger partial charge in [-0.15, -0.1) is 0 Å². The Morgan fingerprint density at radius 1 is 1.15 bits per heavy atom. The van der Waals surface area contributed by atoms with E-state index in [9.17, 15) is 4.79 Å². The minimum atomic E-state index is 0.0511. The van der Waals surface area contributed by atoms with Gasteiger partial charge in [-0.05, 0) is 94.9 Å². The zero-order valence-corrected chi connectivity index (χ0v) is 28.4. The second-order valence-corrected chi connectivity index (χ2v) is 12.1. The molecule has 248 valence electrons. The molecule has 10 nitrogen and oxygen atoms in total. The van der Waals surface area contributed by atoms with Gasteiger partial charge in [0.25, 0.3) is 0 Å². The van der Waals surface area contributed by atoms with Crippen LogP contribution in [0.5, 0.6) is 11.5 Å². The van der Waals surface area contributed by atoms with Gasteiger partial charge in [-0.25, -0.2) is 4.99 Å². The highest BCUT2D eigenvalue weighted by atomic mass is 16.5. The molecule has 0 spiro atoms. The SMILES string of the molecule is C/C=N\N1C=CC(Oc2ccc(NC(=N/C=C/CC)c3cc4c(cc3C)OCC3CN(C(=O)/C=C/CN(C)C)CCN43)cc2C)=CC1. The fraction of sp³-hybridized carbons (Fsp3) is 0.378. The number of carbonyl (C=O) groups is 1. The monoisotopic (exact) mass is 637 g/mol. The van der Waals surface area contributed by atoms with E-state index in [4.69, 9.17) is 14.5 Å². The first-order valence-electron chi connectivity index (χ1n) is 16.3. The predicted molar refractivity (Wildman–Crippen MR) is 192 cm³/mol. The van der Waals surface area contributed by atoms with Crippen molar-refractivity contribution in [2.45, 2.75) is 40.2 Å². The summed E-state index contributed by atoms with van der Waals surface area (Å²) in [7, 11) is 3.98. The number of hydrazone groups is 1. The molecule has 3 aliphatic heterocycles. The van der Waals surface area contributed by atoms with E-state index in [1.165, 1.54) is 0 Å². The Kier molecular flexibility index (Phi) is 11.2. The molecule has 2 aromatic carbocycles. The molecule has 1 atom stereocenters. The zero-order chi connectivity index (χ0) is 33.3. The van der Waals surface area contributed by atoms with Crippen LogP contribution in [0, 0.1) is 13.8 Å². The molecule has 0 radical (unpaired) electrons. The lowest BCUT2D eigenvalue weighted by Gasteiger charge is -2.45. The van der Waals surface area contributed by atoms with Gasteiger partial charge >= 0.3 is 0 Å². The number of likely N-dealkylation sites (N-methyl/N-ethyl adjacent to an activating group) is 1. The van der Waals surface area contributed by atoms with Crippen molar-refractivity contribution in [1.29, 1.82) is 0 Å². The van der Waals surface area contributed by atoms with Crippen molar-refractivity contribution in [3.05, 3.63) is 95.6 Å². The number of amidine groups is 1. The summed E-state index contributed by atoms with van der Waals surface area (Å²) in [6, 6.07) is 10.4. The summed E-state index contributed by atoms with van der Waals surface area (Å²) in [6.45, 7) is 12.1. The highest BCUT2D eigenvalue weighted by Crippen LogP contribution is 2.38. The molecule has 47 heavy (non-hydrogen) atoms.